The Morgan fingerprint density at radius 3 is 2.71 bits per heavy atom. The minimum atomic E-state index is -1.18. The first-order valence-corrected chi connectivity index (χ1v) is 6.96. The maximum atomic E-state index is 12.0. The maximum Gasteiger partial charge on any atom is 0.329 e. The number of hydrogen-bond donors (Lipinski definition) is 2. The van der Waals surface area contributed by atoms with Crippen LogP contribution in [0.5, 0.6) is 0 Å². The molecule has 1 saturated heterocycles. The molecule has 0 radical (unpaired) electrons. The number of carboxylic acids is 1. The van der Waals surface area contributed by atoms with Crippen molar-refractivity contribution in [3.63, 3.8) is 0 Å². The number of nitrogens with one attached hydrogen (secondary N) is 1. The predicted molar refractivity (Wildman–Crippen MR) is 68.4 cm³/mol. The lowest BCUT2D eigenvalue weighted by molar-refractivity contribution is -0.143. The zero-order valence-electron chi connectivity index (χ0n) is 10.5. The summed E-state index contributed by atoms with van der Waals surface area (Å²) in [7, 11) is 0. The molecule has 6 heteroatoms. The van der Waals surface area contributed by atoms with Crippen molar-refractivity contribution < 1.29 is 14.7 Å². The van der Waals surface area contributed by atoms with Crippen LogP contribution in [0.25, 0.3) is 0 Å². The number of carboxylic acid groups (broad SMARTS) is 1. The molecule has 1 aliphatic rings. The van der Waals surface area contributed by atoms with Gasteiger partial charge >= 0.3 is 12.0 Å². The first kappa shape index (κ1) is 14.2. The van der Waals surface area contributed by atoms with Crippen LogP contribution in [0.15, 0.2) is 0 Å². The van der Waals surface area contributed by atoms with Crippen LogP contribution in [-0.2, 0) is 4.79 Å². The normalized spacial score (nSPS) is 23.9. The fourth-order valence-corrected chi connectivity index (χ4v) is 2.64. The molecule has 1 rings (SSSR count). The van der Waals surface area contributed by atoms with Crippen molar-refractivity contribution in [1.29, 1.82) is 0 Å². The SMILES string of the molecule is CCC(C)(NC(=O)N1CCSCC1C)C(=O)O. The van der Waals surface area contributed by atoms with E-state index in [4.69, 9.17) is 5.11 Å². The summed E-state index contributed by atoms with van der Waals surface area (Å²) in [6, 6.07) is -0.117. The van der Waals surface area contributed by atoms with Gasteiger partial charge in [-0.1, -0.05) is 6.92 Å². The van der Waals surface area contributed by atoms with Crippen LogP contribution in [0, 0.1) is 0 Å². The van der Waals surface area contributed by atoms with E-state index in [9.17, 15) is 9.59 Å². The fourth-order valence-electron chi connectivity index (χ4n) is 1.63. The number of thioether (sulfide) groups is 1. The van der Waals surface area contributed by atoms with Crippen molar-refractivity contribution in [1.82, 2.24) is 10.2 Å². The lowest BCUT2D eigenvalue weighted by atomic mass is 9.99. The molecule has 98 valence electrons. The van der Waals surface area contributed by atoms with E-state index in [0.29, 0.717) is 13.0 Å². The monoisotopic (exact) mass is 260 g/mol. The predicted octanol–water partition coefficient (Wildman–Crippen LogP) is 1.39. The van der Waals surface area contributed by atoms with Gasteiger partial charge in [0.15, 0.2) is 0 Å². The molecule has 0 aromatic rings. The van der Waals surface area contributed by atoms with E-state index >= 15 is 0 Å². The summed E-state index contributed by atoms with van der Waals surface area (Å²) in [6.45, 7) is 5.95. The molecule has 5 nitrogen and oxygen atoms in total. The van der Waals surface area contributed by atoms with E-state index in [2.05, 4.69) is 5.32 Å². The number of rotatable bonds is 3. The third kappa shape index (κ3) is 3.28. The number of amides is 2. The van der Waals surface area contributed by atoms with E-state index in [0.717, 1.165) is 11.5 Å². The van der Waals surface area contributed by atoms with Gasteiger partial charge in [0.2, 0.25) is 0 Å². The molecule has 0 bridgehead atoms. The third-order valence-corrected chi connectivity index (χ3v) is 4.38. The lowest BCUT2D eigenvalue weighted by Gasteiger charge is -2.36. The second-order valence-corrected chi connectivity index (χ2v) is 5.69. The Morgan fingerprint density at radius 1 is 1.59 bits per heavy atom. The molecule has 0 aromatic heterocycles. The zero-order valence-corrected chi connectivity index (χ0v) is 11.3. The summed E-state index contributed by atoms with van der Waals surface area (Å²) < 4.78 is 0. The molecule has 0 spiro atoms. The van der Waals surface area contributed by atoms with Gasteiger partial charge in [0, 0.05) is 24.1 Å². The Labute approximate surface area is 106 Å². The van der Waals surface area contributed by atoms with Gasteiger partial charge in [0.05, 0.1) is 0 Å². The van der Waals surface area contributed by atoms with E-state index in [1.807, 2.05) is 18.7 Å². The smallest absolute Gasteiger partial charge is 0.329 e. The number of carbonyl (C=O) groups excluding carboxylic acids is 1. The van der Waals surface area contributed by atoms with Gasteiger partial charge in [0.1, 0.15) is 5.54 Å². The fraction of sp³-hybridized carbons (Fsp3) is 0.818. The third-order valence-electron chi connectivity index (χ3n) is 3.19. The molecular weight excluding hydrogens is 240 g/mol. The summed E-state index contributed by atoms with van der Waals surface area (Å²) in [5.41, 5.74) is -1.18. The first-order chi connectivity index (χ1) is 7.90. The quantitative estimate of drug-likeness (QED) is 0.804. The van der Waals surface area contributed by atoms with E-state index in [1.54, 1.807) is 11.8 Å². The average molecular weight is 260 g/mol. The Balaban J connectivity index is 2.67. The molecule has 2 unspecified atom stereocenters. The lowest BCUT2D eigenvalue weighted by Crippen LogP contribution is -2.58. The van der Waals surface area contributed by atoms with Crippen molar-refractivity contribution in [3.8, 4) is 0 Å². The van der Waals surface area contributed by atoms with Crippen molar-refractivity contribution in [3.05, 3.63) is 0 Å². The molecule has 17 heavy (non-hydrogen) atoms. The topological polar surface area (TPSA) is 69.6 Å². The van der Waals surface area contributed by atoms with Gasteiger partial charge < -0.3 is 15.3 Å². The van der Waals surface area contributed by atoms with Crippen molar-refractivity contribution in [2.45, 2.75) is 38.8 Å². The summed E-state index contributed by atoms with van der Waals surface area (Å²) in [5.74, 6) is 0.823. The first-order valence-electron chi connectivity index (χ1n) is 5.80. The van der Waals surface area contributed by atoms with Crippen LogP contribution in [0.1, 0.15) is 27.2 Å². The van der Waals surface area contributed by atoms with Crippen LogP contribution in [0.3, 0.4) is 0 Å². The number of nitrogens with zero attached hydrogens (tertiary/aromatic N) is 1. The largest absolute Gasteiger partial charge is 0.480 e. The van der Waals surface area contributed by atoms with Gasteiger partial charge in [0.25, 0.3) is 0 Å². The highest BCUT2D eigenvalue weighted by atomic mass is 32.2. The summed E-state index contributed by atoms with van der Waals surface area (Å²) in [6.07, 6.45) is 0.366. The average Bonchev–Trinajstić information content (AvgIpc) is 2.29. The summed E-state index contributed by atoms with van der Waals surface area (Å²) in [4.78, 5) is 24.9. The van der Waals surface area contributed by atoms with Gasteiger partial charge in [-0.15, -0.1) is 0 Å². The molecule has 2 amide bonds. The minimum absolute atomic E-state index is 0.156. The number of urea groups is 1. The van der Waals surface area contributed by atoms with Crippen LogP contribution in [0.2, 0.25) is 0 Å². The molecule has 0 saturated carbocycles. The summed E-state index contributed by atoms with van der Waals surface area (Å²) >= 11 is 1.82. The number of aliphatic carboxylic acids is 1. The molecule has 0 aromatic carbocycles. The van der Waals surface area contributed by atoms with E-state index in [1.165, 1.54) is 6.92 Å². The van der Waals surface area contributed by atoms with E-state index in [-0.39, 0.29) is 12.1 Å². The maximum absolute atomic E-state index is 12.0. The van der Waals surface area contributed by atoms with E-state index < -0.39 is 11.5 Å². The van der Waals surface area contributed by atoms with Crippen LogP contribution < -0.4 is 5.32 Å². The molecule has 1 heterocycles. The molecule has 2 N–H and O–H groups in total. The highest BCUT2D eigenvalue weighted by molar-refractivity contribution is 7.99. The second-order valence-electron chi connectivity index (χ2n) is 4.54. The Bertz CT molecular complexity index is 311. The molecule has 0 aliphatic carbocycles. The Morgan fingerprint density at radius 2 is 2.24 bits per heavy atom. The van der Waals surface area contributed by atoms with Crippen molar-refractivity contribution in [2.24, 2.45) is 0 Å². The number of carbonyl (C=O) groups is 2. The highest BCUT2D eigenvalue weighted by Gasteiger charge is 2.35. The molecule has 1 fully saturated rings. The standard InChI is InChI=1S/C11H20N2O3S/c1-4-11(3,9(14)15)12-10(16)13-5-6-17-7-8(13)2/h8H,4-7H2,1-3H3,(H,12,16)(H,14,15). The van der Waals surface area contributed by atoms with Gasteiger partial charge in [-0.05, 0) is 20.3 Å². The molecule has 1 aliphatic heterocycles. The van der Waals surface area contributed by atoms with Gasteiger partial charge in [-0.2, -0.15) is 11.8 Å². The van der Waals surface area contributed by atoms with Gasteiger partial charge in [-0.25, -0.2) is 9.59 Å². The van der Waals surface area contributed by atoms with Crippen LogP contribution >= 0.6 is 11.8 Å². The van der Waals surface area contributed by atoms with Crippen LogP contribution in [-0.4, -0.2) is 51.6 Å². The second kappa shape index (κ2) is 5.62. The minimum Gasteiger partial charge on any atom is -0.480 e. The zero-order chi connectivity index (χ0) is 13.1. The molecular formula is C11H20N2O3S. The van der Waals surface area contributed by atoms with Crippen LogP contribution in [0.4, 0.5) is 4.79 Å². The number of hydrogen-bond acceptors (Lipinski definition) is 3. The van der Waals surface area contributed by atoms with Gasteiger partial charge in [-0.3, -0.25) is 0 Å². The summed E-state index contributed by atoms with van der Waals surface area (Å²) in [5, 5.41) is 11.7. The molecule has 2 atom stereocenters. The van der Waals surface area contributed by atoms with Crippen molar-refractivity contribution >= 4 is 23.8 Å². The Hall–Kier alpha value is -0.910. The van der Waals surface area contributed by atoms with Crippen molar-refractivity contribution in [2.75, 3.05) is 18.1 Å². The highest BCUT2D eigenvalue weighted by Crippen LogP contribution is 2.17. The Kier molecular flexibility index (Phi) is 4.68.